The molecule has 0 saturated heterocycles. The third-order valence-electron chi connectivity index (χ3n) is 11.2. The van der Waals surface area contributed by atoms with Crippen molar-refractivity contribution >= 4 is 65.6 Å². The number of hydrogen-bond acceptors (Lipinski definition) is 4. The molecule has 12 rings (SSSR count). The maximum Gasteiger partial charge on any atom is 0.238 e. The van der Waals surface area contributed by atoms with Crippen LogP contribution in [0.3, 0.4) is 0 Å². The van der Waals surface area contributed by atoms with Crippen molar-refractivity contribution in [1.82, 2.24) is 24.1 Å². The van der Waals surface area contributed by atoms with Gasteiger partial charge in [0.15, 0.2) is 17.2 Å². The minimum atomic E-state index is 0.549. The van der Waals surface area contributed by atoms with E-state index in [0.29, 0.717) is 17.6 Å². The van der Waals surface area contributed by atoms with Crippen LogP contribution >= 0.6 is 0 Å². The number of rotatable bonds is 5. The number of nitrogens with zero attached hydrogens (tertiary/aromatic N) is 5. The molecule has 57 heavy (non-hydrogen) atoms. The predicted octanol–water partition coefficient (Wildman–Crippen LogP) is 13.0. The van der Waals surface area contributed by atoms with Crippen LogP contribution in [-0.4, -0.2) is 24.1 Å². The molecule has 0 fully saturated rings. The first-order chi connectivity index (χ1) is 28.3. The van der Waals surface area contributed by atoms with Gasteiger partial charge in [0.2, 0.25) is 5.95 Å². The van der Waals surface area contributed by atoms with Gasteiger partial charge in [0.1, 0.15) is 5.58 Å². The molecule has 0 radical (unpaired) electrons. The second-order valence-corrected chi connectivity index (χ2v) is 14.4. The zero-order chi connectivity index (χ0) is 37.5. The van der Waals surface area contributed by atoms with Gasteiger partial charge in [-0.2, -0.15) is 9.97 Å². The van der Waals surface area contributed by atoms with E-state index in [2.05, 4.69) is 130 Å². The van der Waals surface area contributed by atoms with E-state index in [4.69, 9.17) is 19.4 Å². The van der Waals surface area contributed by atoms with Crippen LogP contribution in [0.25, 0.3) is 111 Å². The zero-order valence-electron chi connectivity index (χ0n) is 30.5. The van der Waals surface area contributed by atoms with Gasteiger partial charge in [0.05, 0.1) is 27.8 Å². The topological polar surface area (TPSA) is 61.7 Å². The van der Waals surface area contributed by atoms with E-state index in [1.165, 1.54) is 0 Å². The van der Waals surface area contributed by atoms with Crippen LogP contribution in [0.1, 0.15) is 0 Å². The van der Waals surface area contributed by atoms with E-state index in [1.54, 1.807) is 0 Å². The first-order valence-electron chi connectivity index (χ1n) is 19.1. The predicted molar refractivity (Wildman–Crippen MR) is 232 cm³/mol. The summed E-state index contributed by atoms with van der Waals surface area (Å²) in [5.41, 5.74) is 10.8. The van der Waals surface area contributed by atoms with Crippen LogP contribution < -0.4 is 0 Å². The summed E-state index contributed by atoms with van der Waals surface area (Å²) >= 11 is 0. The molecular formula is C51H31N5O. The fraction of sp³-hybridized carbons (Fsp3) is 0. The lowest BCUT2D eigenvalue weighted by Gasteiger charge is -2.13. The molecule has 0 aliphatic carbocycles. The Hall–Kier alpha value is -7.83. The Kier molecular flexibility index (Phi) is 6.83. The Bertz CT molecular complexity index is 3450. The van der Waals surface area contributed by atoms with Gasteiger partial charge in [-0.05, 0) is 23.8 Å². The van der Waals surface area contributed by atoms with Crippen molar-refractivity contribution in [3.05, 3.63) is 188 Å². The van der Waals surface area contributed by atoms with Gasteiger partial charge in [-0.25, -0.2) is 4.98 Å². The summed E-state index contributed by atoms with van der Waals surface area (Å²) in [6.07, 6.45) is 0. The van der Waals surface area contributed by atoms with E-state index >= 15 is 0 Å². The highest BCUT2D eigenvalue weighted by atomic mass is 16.3. The number of hydrogen-bond donors (Lipinski definition) is 0. The molecule has 0 spiro atoms. The fourth-order valence-electron chi connectivity index (χ4n) is 8.68. The minimum Gasteiger partial charge on any atom is -0.453 e. The van der Waals surface area contributed by atoms with E-state index < -0.39 is 0 Å². The summed E-state index contributed by atoms with van der Waals surface area (Å²) < 4.78 is 11.7. The maximum atomic E-state index is 7.05. The second-order valence-electron chi connectivity index (χ2n) is 14.4. The molecule has 266 valence electrons. The SMILES string of the molecule is c1ccc(-c2nc(-c3ccccc3)nc(-n3c4ccccc4c4ccc5c6ccccc6n(-c6cccc7c6oc6c(-c8ccccc8)cccc67)c5c43)n2)cc1. The first kappa shape index (κ1) is 31.5. The van der Waals surface area contributed by atoms with E-state index in [0.717, 1.165) is 93.5 Å². The molecule has 0 aliphatic rings. The molecule has 6 nitrogen and oxygen atoms in total. The van der Waals surface area contributed by atoms with Crippen molar-refractivity contribution in [3.63, 3.8) is 0 Å². The van der Waals surface area contributed by atoms with Crippen molar-refractivity contribution in [2.24, 2.45) is 0 Å². The number of aromatic nitrogens is 5. The Balaban J connectivity index is 1.23. The van der Waals surface area contributed by atoms with E-state index in [9.17, 15) is 0 Å². The summed E-state index contributed by atoms with van der Waals surface area (Å²) in [4.78, 5) is 15.6. The normalized spacial score (nSPS) is 11.9. The highest BCUT2D eigenvalue weighted by Crippen LogP contribution is 2.44. The lowest BCUT2D eigenvalue weighted by molar-refractivity contribution is 0.667. The van der Waals surface area contributed by atoms with E-state index in [-0.39, 0.29) is 0 Å². The molecule has 4 heterocycles. The molecule has 0 N–H and O–H groups in total. The average Bonchev–Trinajstić information content (AvgIpc) is 3.95. The van der Waals surface area contributed by atoms with Gasteiger partial charge in [0, 0.05) is 49.0 Å². The molecular weight excluding hydrogens is 699 g/mol. The van der Waals surface area contributed by atoms with Crippen LogP contribution in [0.5, 0.6) is 0 Å². The molecule has 0 unspecified atom stereocenters. The minimum absolute atomic E-state index is 0.549. The van der Waals surface area contributed by atoms with Crippen LogP contribution in [-0.2, 0) is 0 Å². The summed E-state index contributed by atoms with van der Waals surface area (Å²) in [5.74, 6) is 1.77. The van der Waals surface area contributed by atoms with Gasteiger partial charge in [-0.15, -0.1) is 0 Å². The van der Waals surface area contributed by atoms with Crippen LogP contribution in [0.15, 0.2) is 192 Å². The standard InChI is InChI=1S/C51H31N5O/c1-4-16-32(17-5-1)35-24-14-25-40-41-26-15-29-44(48(41)57-47(35)40)55-42-27-12-10-22-36(42)38-30-31-39-37-23-11-13-28-43(37)56(46(39)45(38)55)51-53-49(33-18-6-2-7-19-33)52-50(54-51)34-20-8-3-9-21-34/h1-31H. The van der Waals surface area contributed by atoms with Crippen molar-refractivity contribution in [2.75, 3.05) is 0 Å². The molecule has 6 heteroatoms. The Labute approximate surface area is 326 Å². The quantitative estimate of drug-likeness (QED) is 0.177. The molecule has 0 aliphatic heterocycles. The zero-order valence-corrected chi connectivity index (χ0v) is 30.5. The lowest BCUT2D eigenvalue weighted by atomic mass is 10.0. The van der Waals surface area contributed by atoms with Gasteiger partial charge >= 0.3 is 0 Å². The third kappa shape index (κ3) is 4.74. The van der Waals surface area contributed by atoms with Crippen LogP contribution in [0.4, 0.5) is 0 Å². The van der Waals surface area contributed by atoms with Crippen LogP contribution in [0, 0.1) is 0 Å². The summed E-state index contributed by atoms with van der Waals surface area (Å²) in [6.45, 7) is 0. The molecule has 0 atom stereocenters. The van der Waals surface area contributed by atoms with Gasteiger partial charge in [-0.3, -0.25) is 4.57 Å². The lowest BCUT2D eigenvalue weighted by Crippen LogP contribution is -2.07. The Morgan fingerprint density at radius 1 is 0.333 bits per heavy atom. The number of para-hydroxylation sites is 4. The first-order valence-corrected chi connectivity index (χ1v) is 19.1. The van der Waals surface area contributed by atoms with Crippen molar-refractivity contribution in [3.8, 4) is 45.5 Å². The fourth-order valence-corrected chi connectivity index (χ4v) is 8.68. The molecule has 0 saturated carbocycles. The number of benzene rings is 8. The maximum absolute atomic E-state index is 7.05. The highest BCUT2D eigenvalue weighted by molar-refractivity contribution is 6.24. The monoisotopic (exact) mass is 729 g/mol. The van der Waals surface area contributed by atoms with E-state index in [1.807, 2.05) is 66.7 Å². The van der Waals surface area contributed by atoms with Gasteiger partial charge in [-0.1, -0.05) is 170 Å². The number of fused-ring (bicyclic) bond motifs is 10. The van der Waals surface area contributed by atoms with Gasteiger partial charge < -0.3 is 8.98 Å². The molecule has 8 aromatic carbocycles. The van der Waals surface area contributed by atoms with Gasteiger partial charge in [0.25, 0.3) is 0 Å². The van der Waals surface area contributed by atoms with Crippen molar-refractivity contribution in [1.29, 1.82) is 0 Å². The number of furan rings is 1. The molecule has 12 aromatic rings. The third-order valence-corrected chi connectivity index (χ3v) is 11.2. The highest BCUT2D eigenvalue weighted by Gasteiger charge is 2.25. The molecule has 0 bridgehead atoms. The summed E-state index contributed by atoms with van der Waals surface area (Å²) in [6, 6.07) is 65.4. The molecule has 4 aromatic heterocycles. The smallest absolute Gasteiger partial charge is 0.238 e. The van der Waals surface area contributed by atoms with Crippen LogP contribution in [0.2, 0.25) is 0 Å². The Morgan fingerprint density at radius 3 is 1.42 bits per heavy atom. The van der Waals surface area contributed by atoms with Crippen molar-refractivity contribution in [2.45, 2.75) is 0 Å². The summed E-state index contributed by atoms with van der Waals surface area (Å²) in [5, 5.41) is 6.64. The second kappa shape index (κ2) is 12.3. The average molecular weight is 730 g/mol. The summed E-state index contributed by atoms with van der Waals surface area (Å²) in [7, 11) is 0. The van der Waals surface area contributed by atoms with Crippen molar-refractivity contribution < 1.29 is 4.42 Å². The largest absolute Gasteiger partial charge is 0.453 e. The molecule has 0 amide bonds. The Morgan fingerprint density at radius 2 is 0.807 bits per heavy atom.